The van der Waals surface area contributed by atoms with Crippen LogP contribution in [-0.4, -0.2) is 57.6 Å². The highest BCUT2D eigenvalue weighted by atomic mass is 32.2. The number of carbonyl (C=O) groups is 1. The topological polar surface area (TPSA) is 92.5 Å². The van der Waals surface area contributed by atoms with Crippen LogP contribution in [-0.2, 0) is 4.79 Å². The van der Waals surface area contributed by atoms with Gasteiger partial charge in [-0.1, -0.05) is 35.2 Å². The molecule has 11 heteroatoms. The van der Waals surface area contributed by atoms with Gasteiger partial charge < -0.3 is 9.80 Å². The number of benzene rings is 2. The first-order chi connectivity index (χ1) is 15.1. The predicted octanol–water partition coefficient (Wildman–Crippen LogP) is 4.26. The Balaban J connectivity index is 1.18. The van der Waals surface area contributed by atoms with Gasteiger partial charge in [0.15, 0.2) is 9.47 Å². The third-order valence-corrected chi connectivity index (χ3v) is 8.31. The zero-order valence-electron chi connectivity index (χ0n) is 16.3. The van der Waals surface area contributed by atoms with Crippen LogP contribution in [0.2, 0.25) is 0 Å². The molecule has 0 radical (unpaired) electrons. The van der Waals surface area contributed by atoms with Crippen LogP contribution in [0.3, 0.4) is 0 Å². The molecule has 0 saturated carbocycles. The van der Waals surface area contributed by atoms with Crippen molar-refractivity contribution in [3.05, 3.63) is 52.6 Å². The molecule has 0 spiro atoms. The fourth-order valence-corrected chi connectivity index (χ4v) is 6.45. The molecule has 158 valence electrons. The maximum Gasteiger partial charge on any atom is 0.270 e. The molecule has 0 N–H and O–H groups in total. The van der Waals surface area contributed by atoms with Crippen molar-refractivity contribution >= 4 is 71.6 Å². The van der Waals surface area contributed by atoms with Gasteiger partial charge in [0.1, 0.15) is 0 Å². The van der Waals surface area contributed by atoms with E-state index in [1.165, 1.54) is 29.2 Å². The number of fused-ring (bicyclic) bond motifs is 2. The summed E-state index contributed by atoms with van der Waals surface area (Å²) in [5, 5.41) is 11.8. The van der Waals surface area contributed by atoms with E-state index in [4.69, 9.17) is 0 Å². The number of anilines is 1. The lowest BCUT2D eigenvalue weighted by molar-refractivity contribution is -0.384. The lowest BCUT2D eigenvalue weighted by Crippen LogP contribution is -2.49. The summed E-state index contributed by atoms with van der Waals surface area (Å²) < 4.78 is 2.85. The van der Waals surface area contributed by atoms with Crippen molar-refractivity contribution in [2.24, 2.45) is 0 Å². The van der Waals surface area contributed by atoms with Crippen LogP contribution in [0.15, 0.2) is 46.8 Å². The number of amides is 1. The molecule has 1 saturated heterocycles. The first-order valence-electron chi connectivity index (χ1n) is 9.63. The molecule has 3 heterocycles. The number of hydrogen-bond acceptors (Lipinski definition) is 9. The molecule has 1 aliphatic rings. The monoisotopic (exact) mass is 471 g/mol. The number of piperazine rings is 1. The van der Waals surface area contributed by atoms with Crippen LogP contribution >= 0.6 is 34.4 Å². The van der Waals surface area contributed by atoms with Crippen molar-refractivity contribution in [1.29, 1.82) is 0 Å². The maximum atomic E-state index is 12.7. The van der Waals surface area contributed by atoms with E-state index in [0.717, 1.165) is 29.9 Å². The molecule has 2 aromatic heterocycles. The molecule has 0 aliphatic carbocycles. The number of non-ortho nitro benzene ring substituents is 1. The average molecular weight is 472 g/mol. The molecule has 0 unspecified atom stereocenters. The number of aromatic nitrogens is 2. The highest BCUT2D eigenvalue weighted by Gasteiger charge is 2.24. The van der Waals surface area contributed by atoms with Gasteiger partial charge >= 0.3 is 0 Å². The average Bonchev–Trinajstić information content (AvgIpc) is 3.40. The molecule has 2 aromatic carbocycles. The van der Waals surface area contributed by atoms with Gasteiger partial charge in [-0.3, -0.25) is 14.9 Å². The van der Waals surface area contributed by atoms with Gasteiger partial charge in [-0.25, -0.2) is 9.97 Å². The minimum absolute atomic E-state index is 0.0729. The fraction of sp³-hybridized carbons (Fsp3) is 0.250. The summed E-state index contributed by atoms with van der Waals surface area (Å²) in [5.41, 5.74) is 1.80. The standard InChI is InChI=1S/C20H17N5O3S3/c26-18(12-29-20-22-14-3-1-2-4-16(14)31-20)23-7-9-24(10-8-23)19-21-15-6-5-13(25(27)28)11-17(15)30-19/h1-6,11H,7-10,12H2. The van der Waals surface area contributed by atoms with Gasteiger partial charge in [0.2, 0.25) is 5.91 Å². The lowest BCUT2D eigenvalue weighted by Gasteiger charge is -2.34. The van der Waals surface area contributed by atoms with E-state index in [9.17, 15) is 14.9 Å². The predicted molar refractivity (Wildman–Crippen MR) is 125 cm³/mol. The lowest BCUT2D eigenvalue weighted by atomic mass is 10.3. The van der Waals surface area contributed by atoms with Crippen LogP contribution in [0, 0.1) is 10.1 Å². The zero-order chi connectivity index (χ0) is 21.4. The van der Waals surface area contributed by atoms with E-state index in [2.05, 4.69) is 14.9 Å². The Kier molecular flexibility index (Phi) is 5.47. The second-order valence-corrected chi connectivity index (χ2v) is 10.3. The molecule has 1 amide bonds. The van der Waals surface area contributed by atoms with Crippen molar-refractivity contribution in [3.8, 4) is 0 Å². The van der Waals surface area contributed by atoms with Gasteiger partial charge in [0.05, 0.1) is 31.1 Å². The van der Waals surface area contributed by atoms with E-state index in [0.29, 0.717) is 31.9 Å². The minimum atomic E-state index is -0.393. The zero-order valence-corrected chi connectivity index (χ0v) is 18.7. The van der Waals surface area contributed by atoms with E-state index in [1.54, 1.807) is 23.5 Å². The van der Waals surface area contributed by atoms with Gasteiger partial charge in [0.25, 0.3) is 5.69 Å². The summed E-state index contributed by atoms with van der Waals surface area (Å²) >= 11 is 4.55. The maximum absolute atomic E-state index is 12.7. The molecule has 1 fully saturated rings. The molecule has 1 aliphatic heterocycles. The number of nitro benzene ring substituents is 1. The van der Waals surface area contributed by atoms with E-state index < -0.39 is 4.92 Å². The van der Waals surface area contributed by atoms with Crippen molar-refractivity contribution in [1.82, 2.24) is 14.9 Å². The molecular weight excluding hydrogens is 454 g/mol. The molecule has 4 aromatic rings. The van der Waals surface area contributed by atoms with Gasteiger partial charge in [-0.15, -0.1) is 11.3 Å². The first kappa shape index (κ1) is 20.2. The summed E-state index contributed by atoms with van der Waals surface area (Å²) in [5.74, 6) is 0.494. The molecule has 31 heavy (non-hydrogen) atoms. The summed E-state index contributed by atoms with van der Waals surface area (Å²) in [6.45, 7) is 2.66. The van der Waals surface area contributed by atoms with E-state index >= 15 is 0 Å². The molecule has 5 rings (SSSR count). The Bertz CT molecular complexity index is 1250. The summed E-state index contributed by atoms with van der Waals surface area (Å²) in [7, 11) is 0. The second kappa shape index (κ2) is 8.40. The van der Waals surface area contributed by atoms with Gasteiger partial charge in [0, 0.05) is 38.3 Å². The Labute approximate surface area is 189 Å². The molecule has 0 bridgehead atoms. The quantitative estimate of drug-likeness (QED) is 0.244. The Morgan fingerprint density at radius 3 is 2.58 bits per heavy atom. The van der Waals surface area contributed by atoms with Crippen LogP contribution in [0.1, 0.15) is 0 Å². The van der Waals surface area contributed by atoms with Crippen LogP contribution in [0.4, 0.5) is 10.8 Å². The van der Waals surface area contributed by atoms with Crippen molar-refractivity contribution in [2.75, 3.05) is 36.8 Å². The van der Waals surface area contributed by atoms with Crippen LogP contribution < -0.4 is 4.90 Å². The van der Waals surface area contributed by atoms with Crippen molar-refractivity contribution < 1.29 is 9.72 Å². The number of nitro groups is 1. The SMILES string of the molecule is O=C(CSc1nc2ccccc2s1)N1CCN(c2nc3ccc([N+](=O)[O-])cc3s2)CC1. The van der Waals surface area contributed by atoms with Gasteiger partial charge in [-0.2, -0.15) is 0 Å². The van der Waals surface area contributed by atoms with Crippen LogP contribution in [0.25, 0.3) is 20.4 Å². The van der Waals surface area contributed by atoms with E-state index in [-0.39, 0.29) is 11.6 Å². The largest absolute Gasteiger partial charge is 0.345 e. The first-order valence-corrected chi connectivity index (χ1v) is 12.2. The number of carbonyl (C=O) groups excluding carboxylic acids is 1. The number of hydrogen-bond donors (Lipinski definition) is 0. The Morgan fingerprint density at radius 2 is 1.81 bits per heavy atom. The summed E-state index contributed by atoms with van der Waals surface area (Å²) in [6, 6.07) is 12.7. The minimum Gasteiger partial charge on any atom is -0.345 e. The Morgan fingerprint density at radius 1 is 1.03 bits per heavy atom. The Hall–Kier alpha value is -2.76. The highest BCUT2D eigenvalue weighted by molar-refractivity contribution is 8.01. The number of thiazole rings is 2. The fourth-order valence-electron chi connectivity index (χ4n) is 3.42. The number of rotatable bonds is 5. The third-order valence-electron chi connectivity index (χ3n) is 5.07. The van der Waals surface area contributed by atoms with Crippen molar-refractivity contribution in [2.45, 2.75) is 4.34 Å². The molecule has 8 nitrogen and oxygen atoms in total. The van der Waals surface area contributed by atoms with Crippen LogP contribution in [0.5, 0.6) is 0 Å². The van der Waals surface area contributed by atoms with Crippen molar-refractivity contribution in [3.63, 3.8) is 0 Å². The smallest absolute Gasteiger partial charge is 0.270 e. The van der Waals surface area contributed by atoms with Gasteiger partial charge in [-0.05, 0) is 18.2 Å². The number of para-hydroxylation sites is 1. The van der Waals surface area contributed by atoms with E-state index in [1.807, 2.05) is 29.2 Å². The molecular formula is C20H17N5O3S3. The normalized spacial score (nSPS) is 14.5. The number of nitrogens with zero attached hydrogens (tertiary/aromatic N) is 5. The third kappa shape index (κ3) is 4.21. The summed E-state index contributed by atoms with van der Waals surface area (Å²) in [6.07, 6.45) is 0. The summed E-state index contributed by atoms with van der Waals surface area (Å²) in [4.78, 5) is 36.5. The second-order valence-electron chi connectivity index (χ2n) is 7.01. The highest BCUT2D eigenvalue weighted by Crippen LogP contribution is 2.32. The molecule has 0 atom stereocenters. The number of thioether (sulfide) groups is 1.